The van der Waals surface area contributed by atoms with E-state index in [1.807, 2.05) is 18.8 Å². The van der Waals surface area contributed by atoms with Gasteiger partial charge in [-0.15, -0.1) is 0 Å². The molecular weight excluding hydrogens is 168 g/mol. The Hall–Kier alpha value is 0.270. The summed E-state index contributed by atoms with van der Waals surface area (Å²) >= 11 is 1.94. The normalized spacial score (nSPS) is 11.0. The van der Waals surface area contributed by atoms with E-state index in [1.54, 1.807) is 0 Å². The third-order valence-corrected chi connectivity index (χ3v) is 2.58. The predicted octanol–water partition coefficient (Wildman–Crippen LogP) is 1.28. The Morgan fingerprint density at radius 2 is 2.00 bits per heavy atom. The fraction of sp³-hybridized carbons (Fsp3) is 1.00. The van der Waals surface area contributed by atoms with Crippen LogP contribution in [0.15, 0.2) is 0 Å². The van der Waals surface area contributed by atoms with Gasteiger partial charge in [-0.2, -0.15) is 11.8 Å². The van der Waals surface area contributed by atoms with Crippen molar-refractivity contribution in [2.75, 3.05) is 45.7 Å². The van der Waals surface area contributed by atoms with Crippen molar-refractivity contribution < 1.29 is 0 Å². The van der Waals surface area contributed by atoms with Gasteiger partial charge in [0.2, 0.25) is 0 Å². The highest BCUT2D eigenvalue weighted by atomic mass is 32.2. The molecule has 74 valence electrons. The number of unbranched alkanes of at least 4 members (excludes halogenated alkanes) is 1. The van der Waals surface area contributed by atoms with E-state index in [9.17, 15) is 0 Å². The Kier molecular flexibility index (Phi) is 9.57. The lowest BCUT2D eigenvalue weighted by Crippen LogP contribution is -2.28. The van der Waals surface area contributed by atoms with Crippen molar-refractivity contribution in [3.05, 3.63) is 0 Å². The van der Waals surface area contributed by atoms with Crippen LogP contribution in [0.25, 0.3) is 0 Å². The molecule has 0 saturated heterocycles. The third kappa shape index (κ3) is 8.37. The molecular formula is C9H22N2S. The molecule has 0 unspecified atom stereocenters. The number of nitrogens with one attached hydrogen (secondary N) is 1. The topological polar surface area (TPSA) is 15.3 Å². The number of thioether (sulfide) groups is 1. The summed E-state index contributed by atoms with van der Waals surface area (Å²) in [5.74, 6) is 1.31. The van der Waals surface area contributed by atoms with E-state index >= 15 is 0 Å². The summed E-state index contributed by atoms with van der Waals surface area (Å²) in [6.07, 6.45) is 4.86. The molecule has 0 amide bonds. The zero-order valence-corrected chi connectivity index (χ0v) is 9.41. The Morgan fingerprint density at radius 1 is 1.25 bits per heavy atom. The van der Waals surface area contributed by atoms with Gasteiger partial charge in [-0.3, -0.25) is 0 Å². The largest absolute Gasteiger partial charge is 0.318 e. The zero-order chi connectivity index (χ0) is 9.23. The van der Waals surface area contributed by atoms with Crippen LogP contribution >= 0.6 is 11.8 Å². The molecule has 0 aromatic heterocycles. The van der Waals surface area contributed by atoms with Crippen molar-refractivity contribution in [2.24, 2.45) is 0 Å². The Bertz CT molecular complexity index is 88.6. The van der Waals surface area contributed by atoms with Crippen LogP contribution in [0.5, 0.6) is 0 Å². The molecule has 0 bridgehead atoms. The summed E-state index contributed by atoms with van der Waals surface area (Å²) < 4.78 is 0. The van der Waals surface area contributed by atoms with Gasteiger partial charge >= 0.3 is 0 Å². The van der Waals surface area contributed by atoms with Gasteiger partial charge in [-0.05, 0) is 45.5 Å². The molecule has 0 fully saturated rings. The fourth-order valence-corrected chi connectivity index (χ4v) is 1.54. The maximum absolute atomic E-state index is 3.15. The maximum atomic E-state index is 3.15. The second-order valence-corrected chi connectivity index (χ2v) is 4.09. The molecule has 0 aliphatic heterocycles. The quantitative estimate of drug-likeness (QED) is 0.581. The second-order valence-electron chi connectivity index (χ2n) is 3.11. The number of nitrogens with zero attached hydrogens (tertiary/aromatic N) is 1. The Labute approximate surface area is 81.1 Å². The smallest absolute Gasteiger partial charge is 0.0104 e. The van der Waals surface area contributed by atoms with Crippen molar-refractivity contribution in [2.45, 2.75) is 12.8 Å². The van der Waals surface area contributed by atoms with Crippen LogP contribution in [0.3, 0.4) is 0 Å². The minimum atomic E-state index is 1.10. The molecule has 0 radical (unpaired) electrons. The molecule has 12 heavy (non-hydrogen) atoms. The summed E-state index contributed by atoms with van der Waals surface area (Å²) in [5.41, 5.74) is 0. The van der Waals surface area contributed by atoms with Gasteiger partial charge in [0, 0.05) is 13.1 Å². The van der Waals surface area contributed by atoms with Crippen LogP contribution < -0.4 is 5.32 Å². The van der Waals surface area contributed by atoms with Crippen molar-refractivity contribution in [1.29, 1.82) is 0 Å². The molecule has 0 rings (SSSR count). The zero-order valence-electron chi connectivity index (χ0n) is 8.60. The molecule has 3 heteroatoms. The van der Waals surface area contributed by atoms with E-state index in [0.29, 0.717) is 0 Å². The summed E-state index contributed by atoms with van der Waals surface area (Å²) in [6.45, 7) is 3.50. The number of hydrogen-bond donors (Lipinski definition) is 1. The molecule has 0 aromatic rings. The van der Waals surface area contributed by atoms with Crippen molar-refractivity contribution in [3.63, 3.8) is 0 Å². The monoisotopic (exact) mass is 190 g/mol. The lowest BCUT2D eigenvalue weighted by Gasteiger charge is -2.15. The van der Waals surface area contributed by atoms with Crippen LogP contribution in [0, 0.1) is 0 Å². The molecule has 0 heterocycles. The molecule has 2 nitrogen and oxygen atoms in total. The van der Waals surface area contributed by atoms with Gasteiger partial charge in [0.1, 0.15) is 0 Å². The molecule has 0 saturated carbocycles. The highest BCUT2D eigenvalue weighted by molar-refractivity contribution is 7.98. The fourth-order valence-electron chi connectivity index (χ4n) is 1.04. The first-order valence-electron chi connectivity index (χ1n) is 4.63. The van der Waals surface area contributed by atoms with Crippen molar-refractivity contribution >= 4 is 11.8 Å². The average Bonchev–Trinajstić information content (AvgIpc) is 2.09. The van der Waals surface area contributed by atoms with Crippen LogP contribution in [-0.4, -0.2) is 50.6 Å². The first-order chi connectivity index (χ1) is 5.81. The molecule has 0 atom stereocenters. The number of hydrogen-bond acceptors (Lipinski definition) is 3. The summed E-state index contributed by atoms with van der Waals surface area (Å²) in [7, 11) is 4.19. The van der Waals surface area contributed by atoms with E-state index in [-0.39, 0.29) is 0 Å². The van der Waals surface area contributed by atoms with Gasteiger partial charge in [-0.1, -0.05) is 0 Å². The van der Waals surface area contributed by atoms with E-state index in [0.717, 1.165) is 13.1 Å². The van der Waals surface area contributed by atoms with Gasteiger partial charge in [-0.25, -0.2) is 0 Å². The predicted molar refractivity (Wildman–Crippen MR) is 59.0 cm³/mol. The highest BCUT2D eigenvalue weighted by Gasteiger charge is 1.95. The molecule has 0 aliphatic rings. The number of likely N-dealkylation sites (N-methyl/N-ethyl adjacent to an activating group) is 2. The first kappa shape index (κ1) is 12.3. The number of rotatable bonds is 8. The SMILES string of the molecule is CNCCN(C)CCCCSC. The van der Waals surface area contributed by atoms with Gasteiger partial charge in [0.25, 0.3) is 0 Å². The van der Waals surface area contributed by atoms with Crippen LogP contribution in [-0.2, 0) is 0 Å². The van der Waals surface area contributed by atoms with Gasteiger partial charge in [0.05, 0.1) is 0 Å². The van der Waals surface area contributed by atoms with Crippen molar-refractivity contribution in [3.8, 4) is 0 Å². The minimum Gasteiger partial charge on any atom is -0.318 e. The molecule has 1 N–H and O–H groups in total. The van der Waals surface area contributed by atoms with Crippen LogP contribution in [0.4, 0.5) is 0 Å². The van der Waals surface area contributed by atoms with E-state index in [2.05, 4.69) is 23.5 Å². The van der Waals surface area contributed by atoms with E-state index in [4.69, 9.17) is 0 Å². The van der Waals surface area contributed by atoms with Gasteiger partial charge in [0.15, 0.2) is 0 Å². The maximum Gasteiger partial charge on any atom is 0.0104 e. The molecule has 0 aromatic carbocycles. The van der Waals surface area contributed by atoms with Gasteiger partial charge < -0.3 is 10.2 Å². The average molecular weight is 190 g/mol. The lowest BCUT2D eigenvalue weighted by molar-refractivity contribution is 0.330. The summed E-state index contributed by atoms with van der Waals surface area (Å²) in [5, 5.41) is 3.15. The Balaban J connectivity index is 3.02. The molecule has 0 spiro atoms. The van der Waals surface area contributed by atoms with Crippen LogP contribution in [0.1, 0.15) is 12.8 Å². The van der Waals surface area contributed by atoms with Crippen molar-refractivity contribution in [1.82, 2.24) is 10.2 Å². The van der Waals surface area contributed by atoms with Crippen LogP contribution in [0.2, 0.25) is 0 Å². The standard InChI is InChI=1S/C9H22N2S/c1-10-6-8-11(2)7-4-5-9-12-3/h10H,4-9H2,1-3H3. The van der Waals surface area contributed by atoms with E-state index in [1.165, 1.54) is 25.1 Å². The second kappa shape index (κ2) is 9.36. The van der Waals surface area contributed by atoms with E-state index < -0.39 is 0 Å². The molecule has 0 aliphatic carbocycles. The first-order valence-corrected chi connectivity index (χ1v) is 6.02. The highest BCUT2D eigenvalue weighted by Crippen LogP contribution is 1.99. The third-order valence-electron chi connectivity index (χ3n) is 1.88. The minimum absolute atomic E-state index is 1.10. The summed E-state index contributed by atoms with van der Waals surface area (Å²) in [6, 6.07) is 0. The summed E-state index contributed by atoms with van der Waals surface area (Å²) in [4.78, 5) is 2.39. The Morgan fingerprint density at radius 3 is 2.58 bits per heavy atom. The lowest BCUT2D eigenvalue weighted by atomic mass is 10.3.